The van der Waals surface area contributed by atoms with Gasteiger partial charge in [0.2, 0.25) is 0 Å². The lowest BCUT2D eigenvalue weighted by Crippen LogP contribution is -2.41. The van der Waals surface area contributed by atoms with E-state index in [1.165, 1.54) is 0 Å². The quantitative estimate of drug-likeness (QED) is 0.671. The molecule has 0 spiro atoms. The standard InChI is InChI=1S/C15H28N4/c1-4-7-14(15-8-5-6-9-17-15)18-10-11-19(12-16)13(2)3/h5-6,8-9,13-14,18H,4,7,10-12,16H2,1-3H3. The van der Waals surface area contributed by atoms with Crippen LogP contribution in [0.3, 0.4) is 0 Å². The van der Waals surface area contributed by atoms with Gasteiger partial charge >= 0.3 is 0 Å². The summed E-state index contributed by atoms with van der Waals surface area (Å²) in [6.07, 6.45) is 4.13. The summed E-state index contributed by atoms with van der Waals surface area (Å²) in [7, 11) is 0. The third-order valence-corrected chi connectivity index (χ3v) is 3.38. The Morgan fingerprint density at radius 3 is 2.68 bits per heavy atom. The van der Waals surface area contributed by atoms with E-state index in [1.807, 2.05) is 18.3 Å². The van der Waals surface area contributed by atoms with Crippen molar-refractivity contribution < 1.29 is 0 Å². The minimum atomic E-state index is 0.345. The lowest BCUT2D eigenvalue weighted by molar-refractivity contribution is 0.224. The highest BCUT2D eigenvalue weighted by Gasteiger charge is 2.12. The zero-order valence-corrected chi connectivity index (χ0v) is 12.5. The zero-order valence-electron chi connectivity index (χ0n) is 12.5. The Balaban J connectivity index is 2.47. The summed E-state index contributed by atoms with van der Waals surface area (Å²) in [6, 6.07) is 6.94. The number of nitrogens with two attached hydrogens (primary N) is 1. The average molecular weight is 264 g/mol. The molecule has 1 atom stereocenters. The Kier molecular flexibility index (Phi) is 7.63. The molecular weight excluding hydrogens is 236 g/mol. The van der Waals surface area contributed by atoms with Crippen LogP contribution in [-0.2, 0) is 0 Å². The zero-order chi connectivity index (χ0) is 14.1. The van der Waals surface area contributed by atoms with Crippen LogP contribution in [0, 0.1) is 0 Å². The number of hydrogen-bond donors (Lipinski definition) is 2. The van der Waals surface area contributed by atoms with Crippen LogP contribution in [0.1, 0.15) is 45.3 Å². The van der Waals surface area contributed by atoms with E-state index >= 15 is 0 Å². The van der Waals surface area contributed by atoms with Crippen LogP contribution in [0.4, 0.5) is 0 Å². The number of nitrogens with zero attached hydrogens (tertiary/aromatic N) is 2. The maximum atomic E-state index is 5.75. The van der Waals surface area contributed by atoms with Gasteiger partial charge in [0.25, 0.3) is 0 Å². The number of nitrogens with one attached hydrogen (secondary N) is 1. The lowest BCUT2D eigenvalue weighted by atomic mass is 10.1. The topological polar surface area (TPSA) is 54.2 Å². The highest BCUT2D eigenvalue weighted by molar-refractivity contribution is 5.08. The summed E-state index contributed by atoms with van der Waals surface area (Å²) in [5.74, 6) is 0. The van der Waals surface area contributed by atoms with Gasteiger partial charge in [-0.3, -0.25) is 9.88 Å². The van der Waals surface area contributed by atoms with Gasteiger partial charge in [-0.1, -0.05) is 19.4 Å². The molecule has 1 rings (SSSR count). The largest absolute Gasteiger partial charge is 0.318 e. The van der Waals surface area contributed by atoms with Gasteiger partial charge in [0.15, 0.2) is 0 Å². The summed E-state index contributed by atoms with van der Waals surface area (Å²) >= 11 is 0. The van der Waals surface area contributed by atoms with Gasteiger partial charge in [0.05, 0.1) is 5.69 Å². The molecule has 1 aromatic rings. The molecule has 0 fully saturated rings. The molecule has 3 N–H and O–H groups in total. The third kappa shape index (κ3) is 5.68. The smallest absolute Gasteiger partial charge is 0.0573 e. The second kappa shape index (κ2) is 9.02. The van der Waals surface area contributed by atoms with Gasteiger partial charge in [-0.25, -0.2) is 0 Å². The van der Waals surface area contributed by atoms with Gasteiger partial charge in [0.1, 0.15) is 0 Å². The molecule has 0 amide bonds. The fraction of sp³-hybridized carbons (Fsp3) is 0.667. The van der Waals surface area contributed by atoms with Crippen LogP contribution in [0.2, 0.25) is 0 Å². The molecule has 0 aliphatic rings. The minimum absolute atomic E-state index is 0.345. The van der Waals surface area contributed by atoms with Crippen LogP contribution in [0.15, 0.2) is 24.4 Å². The number of rotatable bonds is 9. The highest BCUT2D eigenvalue weighted by atomic mass is 15.2. The average Bonchev–Trinajstić information content (AvgIpc) is 2.43. The van der Waals surface area contributed by atoms with E-state index in [0.717, 1.165) is 31.6 Å². The Morgan fingerprint density at radius 2 is 2.16 bits per heavy atom. The Labute approximate surface area is 117 Å². The van der Waals surface area contributed by atoms with E-state index in [1.54, 1.807) is 0 Å². The summed E-state index contributed by atoms with van der Waals surface area (Å²) < 4.78 is 0. The minimum Gasteiger partial charge on any atom is -0.318 e. The summed E-state index contributed by atoms with van der Waals surface area (Å²) in [5.41, 5.74) is 6.88. The van der Waals surface area contributed by atoms with Crippen LogP contribution in [-0.4, -0.2) is 35.7 Å². The second-order valence-electron chi connectivity index (χ2n) is 5.14. The van der Waals surface area contributed by atoms with Crippen LogP contribution < -0.4 is 11.1 Å². The summed E-state index contributed by atoms with van der Waals surface area (Å²) in [5, 5.41) is 3.60. The van der Waals surface area contributed by atoms with E-state index in [0.29, 0.717) is 18.8 Å². The van der Waals surface area contributed by atoms with Crippen molar-refractivity contribution in [3.63, 3.8) is 0 Å². The molecule has 4 nitrogen and oxygen atoms in total. The predicted octanol–water partition coefficient (Wildman–Crippen LogP) is 2.14. The van der Waals surface area contributed by atoms with Crippen molar-refractivity contribution in [1.82, 2.24) is 15.2 Å². The molecule has 0 saturated heterocycles. The Bertz CT molecular complexity index is 326. The van der Waals surface area contributed by atoms with Gasteiger partial charge in [-0.15, -0.1) is 0 Å². The Morgan fingerprint density at radius 1 is 1.37 bits per heavy atom. The van der Waals surface area contributed by atoms with E-state index in [-0.39, 0.29) is 0 Å². The molecule has 4 heteroatoms. The van der Waals surface area contributed by atoms with Crippen LogP contribution in [0.25, 0.3) is 0 Å². The first kappa shape index (κ1) is 16.1. The SMILES string of the molecule is CCCC(NCCN(CN)C(C)C)c1ccccn1. The summed E-state index contributed by atoms with van der Waals surface area (Å²) in [4.78, 5) is 6.71. The monoisotopic (exact) mass is 264 g/mol. The first-order valence-electron chi connectivity index (χ1n) is 7.27. The number of hydrogen-bond acceptors (Lipinski definition) is 4. The molecule has 108 valence electrons. The molecule has 1 heterocycles. The predicted molar refractivity (Wildman–Crippen MR) is 80.8 cm³/mol. The van der Waals surface area contributed by atoms with Crippen molar-refractivity contribution in [2.45, 2.75) is 45.7 Å². The molecule has 1 aromatic heterocycles. The maximum Gasteiger partial charge on any atom is 0.0573 e. The molecule has 0 aromatic carbocycles. The van der Waals surface area contributed by atoms with E-state index in [4.69, 9.17) is 5.73 Å². The Hall–Kier alpha value is -0.970. The van der Waals surface area contributed by atoms with Crippen molar-refractivity contribution in [1.29, 1.82) is 0 Å². The normalized spacial score (nSPS) is 13.2. The fourth-order valence-corrected chi connectivity index (χ4v) is 2.17. The van der Waals surface area contributed by atoms with Crippen molar-refractivity contribution >= 4 is 0 Å². The molecule has 0 aliphatic heterocycles. The number of aromatic nitrogens is 1. The lowest BCUT2D eigenvalue weighted by Gasteiger charge is -2.26. The molecule has 0 saturated carbocycles. The molecule has 0 aliphatic carbocycles. The van der Waals surface area contributed by atoms with Crippen LogP contribution >= 0.6 is 0 Å². The van der Waals surface area contributed by atoms with Gasteiger partial charge < -0.3 is 11.1 Å². The van der Waals surface area contributed by atoms with E-state index in [9.17, 15) is 0 Å². The molecular formula is C15H28N4. The molecule has 19 heavy (non-hydrogen) atoms. The fourth-order valence-electron chi connectivity index (χ4n) is 2.17. The van der Waals surface area contributed by atoms with Crippen molar-refractivity contribution in [2.24, 2.45) is 5.73 Å². The van der Waals surface area contributed by atoms with Crippen LogP contribution in [0.5, 0.6) is 0 Å². The molecule has 1 unspecified atom stereocenters. The summed E-state index contributed by atoms with van der Waals surface area (Å²) in [6.45, 7) is 9.08. The first-order valence-corrected chi connectivity index (χ1v) is 7.27. The first-order chi connectivity index (χ1) is 9.19. The van der Waals surface area contributed by atoms with Crippen molar-refractivity contribution in [2.75, 3.05) is 19.8 Å². The third-order valence-electron chi connectivity index (χ3n) is 3.38. The second-order valence-corrected chi connectivity index (χ2v) is 5.14. The van der Waals surface area contributed by atoms with Gasteiger partial charge in [-0.05, 0) is 32.4 Å². The maximum absolute atomic E-state index is 5.75. The van der Waals surface area contributed by atoms with Crippen molar-refractivity contribution in [3.8, 4) is 0 Å². The highest BCUT2D eigenvalue weighted by Crippen LogP contribution is 2.15. The van der Waals surface area contributed by atoms with Gasteiger partial charge in [0, 0.05) is 38.0 Å². The number of pyridine rings is 1. The molecule has 0 bridgehead atoms. The van der Waals surface area contributed by atoms with Gasteiger partial charge in [-0.2, -0.15) is 0 Å². The molecule has 0 radical (unpaired) electrons. The van der Waals surface area contributed by atoms with E-state index in [2.05, 4.69) is 42.0 Å². The van der Waals surface area contributed by atoms with Crippen molar-refractivity contribution in [3.05, 3.63) is 30.1 Å². The van der Waals surface area contributed by atoms with E-state index < -0.39 is 0 Å².